The van der Waals surface area contributed by atoms with Gasteiger partial charge in [0.15, 0.2) is 5.96 Å². The molecule has 0 aliphatic rings. The summed E-state index contributed by atoms with van der Waals surface area (Å²) in [5.41, 5.74) is 5.72. The van der Waals surface area contributed by atoms with Crippen LogP contribution >= 0.6 is 11.3 Å². The first-order valence-electron chi connectivity index (χ1n) is 4.89. The maximum absolute atomic E-state index is 5.78. The zero-order chi connectivity index (χ0) is 11.5. The van der Waals surface area contributed by atoms with Crippen LogP contribution in [0.4, 0.5) is 0 Å². The first-order valence-corrected chi connectivity index (χ1v) is 5.77. The molecule has 0 aromatic carbocycles. The minimum atomic E-state index is -0.0593. The fourth-order valence-electron chi connectivity index (χ4n) is 1.12. The van der Waals surface area contributed by atoms with E-state index in [4.69, 9.17) is 5.73 Å². The van der Waals surface area contributed by atoms with Gasteiger partial charge in [-0.05, 0) is 27.7 Å². The Morgan fingerprint density at radius 2 is 2.27 bits per heavy atom. The van der Waals surface area contributed by atoms with Crippen molar-refractivity contribution in [2.75, 3.05) is 0 Å². The van der Waals surface area contributed by atoms with Crippen LogP contribution in [-0.2, 0) is 0 Å². The van der Waals surface area contributed by atoms with Gasteiger partial charge in [-0.15, -0.1) is 11.3 Å². The van der Waals surface area contributed by atoms with Gasteiger partial charge in [0.1, 0.15) is 11.0 Å². The van der Waals surface area contributed by atoms with Crippen LogP contribution in [0.5, 0.6) is 0 Å². The summed E-state index contributed by atoms with van der Waals surface area (Å²) in [7, 11) is 0. The molecule has 1 atom stereocenters. The Morgan fingerprint density at radius 3 is 2.73 bits per heavy atom. The zero-order valence-electron chi connectivity index (χ0n) is 9.61. The molecular formula is C10H18N4S. The molecule has 1 aromatic rings. The van der Waals surface area contributed by atoms with E-state index in [9.17, 15) is 0 Å². The predicted molar refractivity (Wildman–Crippen MR) is 65.0 cm³/mol. The molecule has 1 unspecified atom stereocenters. The van der Waals surface area contributed by atoms with Gasteiger partial charge in [0.25, 0.3) is 0 Å². The number of aliphatic imine (C=N–C) groups is 1. The highest BCUT2D eigenvalue weighted by Crippen LogP contribution is 2.18. The van der Waals surface area contributed by atoms with Gasteiger partial charge in [0, 0.05) is 17.1 Å². The van der Waals surface area contributed by atoms with Crippen LogP contribution in [0.2, 0.25) is 0 Å². The number of nitrogens with zero attached hydrogens (tertiary/aromatic N) is 2. The largest absolute Gasteiger partial charge is 0.370 e. The number of aromatic nitrogens is 1. The number of guanidine groups is 1. The molecule has 1 heterocycles. The van der Waals surface area contributed by atoms with Crippen LogP contribution < -0.4 is 11.1 Å². The molecule has 0 spiro atoms. The van der Waals surface area contributed by atoms with Gasteiger partial charge >= 0.3 is 0 Å². The lowest BCUT2D eigenvalue weighted by Crippen LogP contribution is -2.45. The van der Waals surface area contributed by atoms with Gasteiger partial charge < -0.3 is 11.1 Å². The number of rotatable bonds is 2. The van der Waals surface area contributed by atoms with E-state index in [1.165, 1.54) is 0 Å². The summed E-state index contributed by atoms with van der Waals surface area (Å²) in [5, 5.41) is 6.04. The topological polar surface area (TPSA) is 63.3 Å². The summed E-state index contributed by atoms with van der Waals surface area (Å²) in [5.74, 6) is 0.463. The van der Waals surface area contributed by atoms with Gasteiger partial charge in [-0.1, -0.05) is 0 Å². The van der Waals surface area contributed by atoms with Crippen molar-refractivity contribution in [1.82, 2.24) is 10.3 Å². The highest BCUT2D eigenvalue weighted by Gasteiger charge is 2.12. The van der Waals surface area contributed by atoms with E-state index < -0.39 is 0 Å². The molecule has 0 fully saturated rings. The molecule has 84 valence electrons. The molecule has 3 N–H and O–H groups in total. The Bertz CT molecular complexity index is 324. The summed E-state index contributed by atoms with van der Waals surface area (Å²) in [6.07, 6.45) is 1.78. The molecule has 0 saturated heterocycles. The minimum absolute atomic E-state index is 0.0137. The molecular weight excluding hydrogens is 208 g/mol. The van der Waals surface area contributed by atoms with Crippen LogP contribution in [0.15, 0.2) is 16.6 Å². The van der Waals surface area contributed by atoms with Crippen LogP contribution in [0.3, 0.4) is 0 Å². The number of hydrogen-bond donors (Lipinski definition) is 2. The Hall–Kier alpha value is -1.10. The molecule has 5 heteroatoms. The second kappa shape index (κ2) is 4.61. The fraction of sp³-hybridized carbons (Fsp3) is 0.600. The van der Waals surface area contributed by atoms with Crippen molar-refractivity contribution in [3.05, 3.63) is 16.6 Å². The Balaban J connectivity index is 2.63. The van der Waals surface area contributed by atoms with E-state index in [2.05, 4.69) is 15.3 Å². The molecule has 0 aliphatic heterocycles. The molecule has 0 aliphatic carbocycles. The summed E-state index contributed by atoms with van der Waals surface area (Å²) in [6, 6.07) is 0.0137. The maximum atomic E-state index is 5.78. The van der Waals surface area contributed by atoms with Crippen LogP contribution in [-0.4, -0.2) is 16.5 Å². The van der Waals surface area contributed by atoms with E-state index in [0.29, 0.717) is 5.96 Å². The van der Waals surface area contributed by atoms with Crippen molar-refractivity contribution in [3.8, 4) is 0 Å². The van der Waals surface area contributed by atoms with Crippen molar-refractivity contribution >= 4 is 17.3 Å². The first kappa shape index (κ1) is 12.0. The fourth-order valence-corrected chi connectivity index (χ4v) is 1.75. The number of hydrogen-bond acceptors (Lipinski definition) is 3. The summed E-state index contributed by atoms with van der Waals surface area (Å²) in [6.45, 7) is 8.12. The van der Waals surface area contributed by atoms with E-state index in [1.54, 1.807) is 17.5 Å². The third-order valence-corrected chi connectivity index (χ3v) is 2.59. The second-order valence-corrected chi connectivity index (χ2v) is 5.36. The minimum Gasteiger partial charge on any atom is -0.370 e. The summed E-state index contributed by atoms with van der Waals surface area (Å²) >= 11 is 1.59. The SMILES string of the molecule is CC(N=C(N)NC(C)(C)C)c1nccs1. The molecule has 1 rings (SSSR count). The standard InChI is InChI=1S/C10H18N4S/c1-7(8-12-5-6-15-8)13-9(11)14-10(2,3)4/h5-7H,1-4H3,(H3,11,13,14). The van der Waals surface area contributed by atoms with Gasteiger partial charge in [-0.2, -0.15) is 0 Å². The number of thiazole rings is 1. The predicted octanol–water partition coefficient (Wildman–Crippen LogP) is 1.91. The molecule has 15 heavy (non-hydrogen) atoms. The average Bonchev–Trinajstić information content (AvgIpc) is 2.50. The quantitative estimate of drug-likeness (QED) is 0.598. The lowest BCUT2D eigenvalue weighted by Gasteiger charge is -2.21. The molecule has 0 radical (unpaired) electrons. The Labute approximate surface area is 94.6 Å². The lowest BCUT2D eigenvalue weighted by atomic mass is 10.1. The third kappa shape index (κ3) is 4.29. The van der Waals surface area contributed by atoms with Crippen molar-refractivity contribution in [2.24, 2.45) is 10.7 Å². The second-order valence-electron chi connectivity index (χ2n) is 4.44. The highest BCUT2D eigenvalue weighted by molar-refractivity contribution is 7.09. The van der Waals surface area contributed by atoms with Crippen LogP contribution in [0.25, 0.3) is 0 Å². The average molecular weight is 226 g/mol. The van der Waals surface area contributed by atoms with Crippen LogP contribution in [0, 0.1) is 0 Å². The molecule has 0 bridgehead atoms. The van der Waals surface area contributed by atoms with E-state index >= 15 is 0 Å². The Kier molecular flexibility index (Phi) is 3.68. The van der Waals surface area contributed by atoms with Gasteiger partial charge in [-0.25, -0.2) is 9.98 Å². The summed E-state index contributed by atoms with van der Waals surface area (Å²) in [4.78, 5) is 8.53. The smallest absolute Gasteiger partial charge is 0.189 e. The third-order valence-electron chi connectivity index (χ3n) is 1.64. The lowest BCUT2D eigenvalue weighted by molar-refractivity contribution is 0.507. The molecule has 0 amide bonds. The van der Waals surface area contributed by atoms with Crippen molar-refractivity contribution in [2.45, 2.75) is 39.3 Å². The molecule has 4 nitrogen and oxygen atoms in total. The van der Waals surface area contributed by atoms with Crippen molar-refractivity contribution in [1.29, 1.82) is 0 Å². The monoisotopic (exact) mass is 226 g/mol. The van der Waals surface area contributed by atoms with Gasteiger partial charge in [0.2, 0.25) is 0 Å². The van der Waals surface area contributed by atoms with Gasteiger partial charge in [-0.3, -0.25) is 0 Å². The van der Waals surface area contributed by atoms with Gasteiger partial charge in [0.05, 0.1) is 0 Å². The molecule has 1 aromatic heterocycles. The normalized spacial score (nSPS) is 15.1. The summed E-state index contributed by atoms with van der Waals surface area (Å²) < 4.78 is 0. The molecule has 0 saturated carbocycles. The maximum Gasteiger partial charge on any atom is 0.189 e. The zero-order valence-corrected chi connectivity index (χ0v) is 10.4. The Morgan fingerprint density at radius 1 is 1.60 bits per heavy atom. The van der Waals surface area contributed by atoms with Crippen molar-refractivity contribution < 1.29 is 0 Å². The highest BCUT2D eigenvalue weighted by atomic mass is 32.1. The number of nitrogens with two attached hydrogens (primary N) is 1. The van der Waals surface area contributed by atoms with Crippen molar-refractivity contribution in [3.63, 3.8) is 0 Å². The van der Waals surface area contributed by atoms with E-state index in [-0.39, 0.29) is 11.6 Å². The number of nitrogens with one attached hydrogen (secondary N) is 1. The van der Waals surface area contributed by atoms with Crippen LogP contribution in [0.1, 0.15) is 38.7 Å². The van der Waals surface area contributed by atoms with E-state index in [0.717, 1.165) is 5.01 Å². The first-order chi connectivity index (χ1) is 6.88. The van der Waals surface area contributed by atoms with E-state index in [1.807, 2.05) is 33.1 Å².